The smallest absolute Gasteiger partial charge is 0.342 e. The maximum Gasteiger partial charge on any atom is 0.342 e. The summed E-state index contributed by atoms with van der Waals surface area (Å²) >= 11 is 6.80. The lowest BCUT2D eigenvalue weighted by Crippen LogP contribution is -1.99. The number of carboxylic acid groups (broad SMARTS) is 1. The number of aromatic amines is 1. The van der Waals surface area contributed by atoms with Gasteiger partial charge in [-0.2, -0.15) is 5.26 Å². The van der Waals surface area contributed by atoms with Gasteiger partial charge >= 0.3 is 5.97 Å². The van der Waals surface area contributed by atoms with Crippen LogP contribution in [0.15, 0.2) is 52.5 Å². The standard InChI is InChI=1S/C20H15ClN4O4S/c1-28-16-10-12(2-7-15(16)29-9-8-22)11-17(19(26)27)30-20-23-18(24-25-20)13-3-5-14(21)6-4-13/h2-7,10-11H,9H2,1H3,(H,26,27)(H,23,24,25)/b17-11-. The second-order valence-electron chi connectivity index (χ2n) is 5.75. The number of halogens is 1. The van der Waals surface area contributed by atoms with Gasteiger partial charge in [-0.15, -0.1) is 5.10 Å². The molecule has 0 atom stereocenters. The zero-order chi connectivity index (χ0) is 21.5. The molecule has 0 radical (unpaired) electrons. The van der Waals surface area contributed by atoms with E-state index >= 15 is 0 Å². The number of benzene rings is 2. The maximum atomic E-state index is 11.7. The molecular weight excluding hydrogens is 428 g/mol. The molecule has 0 unspecified atom stereocenters. The van der Waals surface area contributed by atoms with Gasteiger partial charge in [0.25, 0.3) is 0 Å². The second kappa shape index (κ2) is 9.82. The van der Waals surface area contributed by atoms with Crippen molar-refractivity contribution in [3.8, 4) is 29.0 Å². The van der Waals surface area contributed by atoms with Crippen molar-refractivity contribution in [2.75, 3.05) is 13.7 Å². The Kier molecular flexibility index (Phi) is 6.95. The summed E-state index contributed by atoms with van der Waals surface area (Å²) in [5.74, 6) is 0.153. The van der Waals surface area contributed by atoms with E-state index in [1.54, 1.807) is 42.5 Å². The van der Waals surface area contributed by atoms with Crippen LogP contribution in [0.5, 0.6) is 11.5 Å². The first-order valence-corrected chi connectivity index (χ1v) is 9.68. The number of nitriles is 1. The van der Waals surface area contributed by atoms with E-state index in [1.807, 2.05) is 6.07 Å². The number of ether oxygens (including phenoxy) is 2. The highest BCUT2D eigenvalue weighted by Gasteiger charge is 2.15. The van der Waals surface area contributed by atoms with Crippen molar-refractivity contribution in [3.63, 3.8) is 0 Å². The van der Waals surface area contributed by atoms with Crippen molar-refractivity contribution in [2.45, 2.75) is 5.16 Å². The molecule has 30 heavy (non-hydrogen) atoms. The number of aliphatic carboxylic acids is 1. The first-order valence-electron chi connectivity index (χ1n) is 8.49. The van der Waals surface area contributed by atoms with Crippen LogP contribution in [-0.4, -0.2) is 40.0 Å². The molecule has 1 heterocycles. The van der Waals surface area contributed by atoms with Crippen LogP contribution in [-0.2, 0) is 4.79 Å². The number of thioether (sulfide) groups is 1. The number of carboxylic acids is 1. The first kappa shape index (κ1) is 21.2. The fourth-order valence-electron chi connectivity index (χ4n) is 2.42. The SMILES string of the molecule is COc1cc(/C=C(\Sc2n[nH]c(-c3ccc(Cl)cc3)n2)C(=O)O)ccc1OCC#N. The molecule has 1 aromatic heterocycles. The first-order chi connectivity index (χ1) is 14.5. The summed E-state index contributed by atoms with van der Waals surface area (Å²) in [6.07, 6.45) is 1.47. The van der Waals surface area contributed by atoms with Crippen LogP contribution in [0.1, 0.15) is 5.56 Å². The van der Waals surface area contributed by atoms with Crippen molar-refractivity contribution in [1.82, 2.24) is 15.2 Å². The van der Waals surface area contributed by atoms with Crippen molar-refractivity contribution >= 4 is 35.4 Å². The Labute approximate surface area is 181 Å². The molecule has 3 aromatic rings. The lowest BCUT2D eigenvalue weighted by Gasteiger charge is -2.09. The molecule has 0 aliphatic carbocycles. The highest BCUT2D eigenvalue weighted by atomic mass is 35.5. The van der Waals surface area contributed by atoms with Gasteiger partial charge in [-0.05, 0) is 59.8 Å². The summed E-state index contributed by atoms with van der Waals surface area (Å²) < 4.78 is 10.5. The molecule has 0 fully saturated rings. The molecule has 0 aliphatic rings. The van der Waals surface area contributed by atoms with E-state index in [2.05, 4.69) is 15.2 Å². The summed E-state index contributed by atoms with van der Waals surface area (Å²) in [4.78, 5) is 16.1. The van der Waals surface area contributed by atoms with Crippen LogP contribution in [0.25, 0.3) is 17.5 Å². The van der Waals surface area contributed by atoms with Gasteiger partial charge in [0.05, 0.1) is 7.11 Å². The van der Waals surface area contributed by atoms with Crippen LogP contribution in [0.3, 0.4) is 0 Å². The fourth-order valence-corrected chi connectivity index (χ4v) is 3.25. The molecule has 0 saturated heterocycles. The van der Waals surface area contributed by atoms with Crippen molar-refractivity contribution in [2.24, 2.45) is 0 Å². The number of methoxy groups -OCH3 is 1. The molecule has 152 valence electrons. The summed E-state index contributed by atoms with van der Waals surface area (Å²) in [5, 5.41) is 25.9. The van der Waals surface area contributed by atoms with E-state index in [0.717, 1.165) is 17.3 Å². The predicted octanol–water partition coefficient (Wildman–Crippen LogP) is 4.25. The number of aromatic nitrogens is 3. The minimum atomic E-state index is -1.12. The normalized spacial score (nSPS) is 11.0. The summed E-state index contributed by atoms with van der Waals surface area (Å²) in [6.45, 7) is -0.122. The summed E-state index contributed by atoms with van der Waals surface area (Å²) in [5.41, 5.74) is 1.35. The van der Waals surface area contributed by atoms with E-state index in [9.17, 15) is 9.90 Å². The second-order valence-corrected chi connectivity index (χ2v) is 7.19. The average Bonchev–Trinajstić information content (AvgIpc) is 3.21. The predicted molar refractivity (Wildman–Crippen MR) is 112 cm³/mol. The van der Waals surface area contributed by atoms with E-state index in [1.165, 1.54) is 13.2 Å². The van der Waals surface area contributed by atoms with Gasteiger partial charge < -0.3 is 14.6 Å². The Morgan fingerprint density at radius 2 is 2.07 bits per heavy atom. The summed E-state index contributed by atoms with van der Waals surface area (Å²) in [6, 6.07) is 13.8. The molecule has 8 nitrogen and oxygen atoms in total. The van der Waals surface area contributed by atoms with Crippen LogP contribution in [0.2, 0.25) is 5.02 Å². The Morgan fingerprint density at radius 3 is 2.73 bits per heavy atom. The van der Waals surface area contributed by atoms with Gasteiger partial charge in [0, 0.05) is 10.6 Å². The number of nitrogens with one attached hydrogen (secondary N) is 1. The topological polar surface area (TPSA) is 121 Å². The third kappa shape index (κ3) is 5.31. The monoisotopic (exact) mass is 442 g/mol. The lowest BCUT2D eigenvalue weighted by atomic mass is 10.2. The Bertz CT molecular complexity index is 1120. The van der Waals surface area contributed by atoms with Gasteiger partial charge in [0.15, 0.2) is 23.9 Å². The quantitative estimate of drug-likeness (QED) is 0.392. The minimum Gasteiger partial charge on any atom is -0.493 e. The number of rotatable bonds is 8. The molecule has 0 amide bonds. The van der Waals surface area contributed by atoms with Crippen LogP contribution in [0, 0.1) is 11.3 Å². The van der Waals surface area contributed by atoms with Crippen LogP contribution < -0.4 is 9.47 Å². The highest BCUT2D eigenvalue weighted by molar-refractivity contribution is 8.04. The molecular formula is C20H15ClN4O4S. The lowest BCUT2D eigenvalue weighted by molar-refractivity contribution is -0.131. The van der Waals surface area contributed by atoms with E-state index in [4.69, 9.17) is 26.3 Å². The van der Waals surface area contributed by atoms with E-state index in [0.29, 0.717) is 27.9 Å². The molecule has 0 spiro atoms. The number of hydrogen-bond acceptors (Lipinski definition) is 7. The number of H-pyrrole nitrogens is 1. The van der Waals surface area contributed by atoms with Crippen molar-refractivity contribution in [1.29, 1.82) is 5.26 Å². The minimum absolute atomic E-state index is 0.0180. The third-order valence-corrected chi connectivity index (χ3v) is 4.90. The van der Waals surface area contributed by atoms with Crippen molar-refractivity contribution < 1.29 is 19.4 Å². The van der Waals surface area contributed by atoms with Crippen LogP contribution in [0.4, 0.5) is 0 Å². The Balaban J connectivity index is 1.83. The van der Waals surface area contributed by atoms with E-state index in [-0.39, 0.29) is 16.7 Å². The van der Waals surface area contributed by atoms with Gasteiger partial charge in [-0.25, -0.2) is 9.78 Å². The Hall–Kier alpha value is -3.48. The molecule has 3 rings (SSSR count). The molecule has 0 aliphatic heterocycles. The zero-order valence-corrected chi connectivity index (χ0v) is 17.2. The summed E-state index contributed by atoms with van der Waals surface area (Å²) in [7, 11) is 1.46. The maximum absolute atomic E-state index is 11.7. The number of nitrogens with zero attached hydrogens (tertiary/aromatic N) is 3. The van der Waals surface area contributed by atoms with Crippen LogP contribution >= 0.6 is 23.4 Å². The number of carbonyl (C=O) groups is 1. The van der Waals surface area contributed by atoms with Gasteiger partial charge in [0.1, 0.15) is 11.0 Å². The molecule has 2 aromatic carbocycles. The highest BCUT2D eigenvalue weighted by Crippen LogP contribution is 2.32. The zero-order valence-electron chi connectivity index (χ0n) is 15.6. The van der Waals surface area contributed by atoms with Gasteiger partial charge in [-0.3, -0.25) is 5.10 Å². The molecule has 10 heteroatoms. The molecule has 0 bridgehead atoms. The number of hydrogen-bond donors (Lipinski definition) is 2. The largest absolute Gasteiger partial charge is 0.493 e. The Morgan fingerprint density at radius 1 is 1.30 bits per heavy atom. The average molecular weight is 443 g/mol. The van der Waals surface area contributed by atoms with E-state index < -0.39 is 5.97 Å². The molecule has 0 saturated carbocycles. The third-order valence-electron chi connectivity index (χ3n) is 3.77. The van der Waals surface area contributed by atoms with Gasteiger partial charge in [0.2, 0.25) is 5.16 Å². The molecule has 2 N–H and O–H groups in total. The van der Waals surface area contributed by atoms with Crippen molar-refractivity contribution in [3.05, 3.63) is 58.0 Å². The van der Waals surface area contributed by atoms with Gasteiger partial charge in [-0.1, -0.05) is 17.7 Å². The fraction of sp³-hybridized carbons (Fsp3) is 0.100.